The van der Waals surface area contributed by atoms with Gasteiger partial charge >= 0.3 is 0 Å². The lowest BCUT2D eigenvalue weighted by atomic mass is 10.0. The lowest BCUT2D eigenvalue weighted by molar-refractivity contribution is -0.120. The standard InChI is InChI=1S/C15H21N3O2/c16-14-2-1-8-18(15(14)20)12-5-3-11(4-6-12)17-9-7-13(19)10-17/h3-6,13-14,19H,1-2,7-10,16H2/t13-,14?/m1/s1. The summed E-state index contributed by atoms with van der Waals surface area (Å²) in [6, 6.07) is 7.60. The minimum atomic E-state index is -0.364. The Morgan fingerprint density at radius 3 is 2.45 bits per heavy atom. The molecule has 1 aromatic carbocycles. The summed E-state index contributed by atoms with van der Waals surface area (Å²) in [6.45, 7) is 2.31. The molecule has 2 fully saturated rings. The molecule has 0 spiro atoms. The predicted molar refractivity (Wildman–Crippen MR) is 78.8 cm³/mol. The van der Waals surface area contributed by atoms with Gasteiger partial charge in [-0.05, 0) is 43.5 Å². The lowest BCUT2D eigenvalue weighted by Crippen LogP contribution is -2.48. The van der Waals surface area contributed by atoms with Gasteiger partial charge in [0, 0.05) is 31.0 Å². The van der Waals surface area contributed by atoms with Crippen molar-refractivity contribution in [3.63, 3.8) is 0 Å². The van der Waals surface area contributed by atoms with Gasteiger partial charge < -0.3 is 20.6 Å². The van der Waals surface area contributed by atoms with Crippen molar-refractivity contribution in [3.8, 4) is 0 Å². The van der Waals surface area contributed by atoms with E-state index in [-0.39, 0.29) is 18.1 Å². The highest BCUT2D eigenvalue weighted by Gasteiger charge is 2.27. The first-order valence-corrected chi connectivity index (χ1v) is 7.25. The van der Waals surface area contributed by atoms with Gasteiger partial charge in [-0.3, -0.25) is 4.79 Å². The number of hydrogen-bond acceptors (Lipinski definition) is 4. The van der Waals surface area contributed by atoms with E-state index in [9.17, 15) is 9.90 Å². The molecule has 1 unspecified atom stereocenters. The number of hydrogen-bond donors (Lipinski definition) is 2. The van der Waals surface area contributed by atoms with Crippen LogP contribution in [0, 0.1) is 0 Å². The van der Waals surface area contributed by atoms with Crippen LogP contribution in [0.4, 0.5) is 11.4 Å². The zero-order valence-corrected chi connectivity index (χ0v) is 11.5. The van der Waals surface area contributed by atoms with Crippen molar-refractivity contribution < 1.29 is 9.90 Å². The van der Waals surface area contributed by atoms with Crippen molar-refractivity contribution in [2.75, 3.05) is 29.4 Å². The Hall–Kier alpha value is -1.59. The molecule has 2 saturated heterocycles. The van der Waals surface area contributed by atoms with Crippen LogP contribution in [-0.2, 0) is 4.79 Å². The number of amides is 1. The highest BCUT2D eigenvalue weighted by Crippen LogP contribution is 2.26. The molecule has 5 heteroatoms. The zero-order chi connectivity index (χ0) is 14.1. The smallest absolute Gasteiger partial charge is 0.243 e. The molecule has 0 radical (unpaired) electrons. The fourth-order valence-corrected chi connectivity index (χ4v) is 2.98. The second kappa shape index (κ2) is 5.42. The van der Waals surface area contributed by atoms with E-state index in [1.807, 2.05) is 24.3 Å². The van der Waals surface area contributed by atoms with Crippen LogP contribution in [0.5, 0.6) is 0 Å². The molecular formula is C15H21N3O2. The van der Waals surface area contributed by atoms with Crippen molar-refractivity contribution in [2.45, 2.75) is 31.4 Å². The number of rotatable bonds is 2. The van der Waals surface area contributed by atoms with Gasteiger partial charge in [-0.1, -0.05) is 0 Å². The third kappa shape index (κ3) is 2.51. The lowest BCUT2D eigenvalue weighted by Gasteiger charge is -2.30. The largest absolute Gasteiger partial charge is 0.391 e. The number of nitrogens with zero attached hydrogens (tertiary/aromatic N) is 2. The Morgan fingerprint density at radius 2 is 1.80 bits per heavy atom. The van der Waals surface area contributed by atoms with Gasteiger partial charge in [0.05, 0.1) is 12.1 Å². The van der Waals surface area contributed by atoms with Crippen molar-refractivity contribution in [3.05, 3.63) is 24.3 Å². The van der Waals surface area contributed by atoms with E-state index in [0.29, 0.717) is 6.54 Å². The molecule has 108 valence electrons. The van der Waals surface area contributed by atoms with Crippen molar-refractivity contribution >= 4 is 17.3 Å². The van der Waals surface area contributed by atoms with Crippen LogP contribution in [0.15, 0.2) is 24.3 Å². The second-order valence-electron chi connectivity index (χ2n) is 5.64. The maximum atomic E-state index is 12.1. The van der Waals surface area contributed by atoms with E-state index in [0.717, 1.165) is 43.7 Å². The van der Waals surface area contributed by atoms with Gasteiger partial charge in [-0.15, -0.1) is 0 Å². The van der Waals surface area contributed by atoms with E-state index >= 15 is 0 Å². The van der Waals surface area contributed by atoms with E-state index in [1.54, 1.807) is 4.90 Å². The van der Waals surface area contributed by atoms with E-state index in [1.165, 1.54) is 0 Å². The molecule has 3 N–H and O–H groups in total. The number of carbonyl (C=O) groups excluding carboxylic acids is 1. The average Bonchev–Trinajstić information content (AvgIpc) is 2.89. The Morgan fingerprint density at radius 1 is 1.10 bits per heavy atom. The first-order chi connectivity index (χ1) is 9.65. The van der Waals surface area contributed by atoms with Gasteiger partial charge in [-0.2, -0.15) is 0 Å². The van der Waals surface area contributed by atoms with E-state index in [4.69, 9.17) is 5.73 Å². The monoisotopic (exact) mass is 275 g/mol. The van der Waals surface area contributed by atoms with Crippen LogP contribution in [0.1, 0.15) is 19.3 Å². The first-order valence-electron chi connectivity index (χ1n) is 7.25. The third-order valence-corrected chi connectivity index (χ3v) is 4.17. The summed E-state index contributed by atoms with van der Waals surface area (Å²) in [5.74, 6) is 0.0144. The normalized spacial score (nSPS) is 27.2. The summed E-state index contributed by atoms with van der Waals surface area (Å²) >= 11 is 0. The topological polar surface area (TPSA) is 69.8 Å². The molecular weight excluding hydrogens is 254 g/mol. The number of nitrogens with two attached hydrogens (primary N) is 1. The van der Waals surface area contributed by atoms with Gasteiger partial charge in [0.15, 0.2) is 0 Å². The predicted octanol–water partition coefficient (Wildman–Crippen LogP) is 0.712. The Labute approximate surface area is 119 Å². The third-order valence-electron chi connectivity index (χ3n) is 4.17. The maximum Gasteiger partial charge on any atom is 0.243 e. The Kier molecular flexibility index (Phi) is 3.63. The highest BCUT2D eigenvalue weighted by molar-refractivity contribution is 5.97. The van der Waals surface area contributed by atoms with Crippen molar-refractivity contribution in [2.24, 2.45) is 5.73 Å². The van der Waals surface area contributed by atoms with Gasteiger partial charge in [-0.25, -0.2) is 0 Å². The molecule has 0 aromatic heterocycles. The zero-order valence-electron chi connectivity index (χ0n) is 11.5. The summed E-state index contributed by atoms with van der Waals surface area (Å²) in [5.41, 5.74) is 7.83. The van der Waals surface area contributed by atoms with Crippen LogP contribution in [-0.4, -0.2) is 42.8 Å². The molecule has 0 aliphatic carbocycles. The number of aliphatic hydroxyl groups excluding tert-OH is 1. The van der Waals surface area contributed by atoms with Crippen LogP contribution >= 0.6 is 0 Å². The highest BCUT2D eigenvalue weighted by atomic mass is 16.3. The molecule has 0 bridgehead atoms. The maximum absolute atomic E-state index is 12.1. The summed E-state index contributed by atoms with van der Waals surface area (Å²) in [6.07, 6.45) is 2.32. The first kappa shape index (κ1) is 13.4. The molecule has 2 aliphatic rings. The summed E-state index contributed by atoms with van der Waals surface area (Å²) < 4.78 is 0. The number of carbonyl (C=O) groups is 1. The van der Waals surface area contributed by atoms with Crippen LogP contribution < -0.4 is 15.5 Å². The molecule has 5 nitrogen and oxygen atoms in total. The number of benzene rings is 1. The summed E-state index contributed by atoms with van der Waals surface area (Å²) in [5, 5.41) is 9.57. The van der Waals surface area contributed by atoms with E-state index < -0.39 is 0 Å². The van der Waals surface area contributed by atoms with Gasteiger partial charge in [0.25, 0.3) is 0 Å². The molecule has 20 heavy (non-hydrogen) atoms. The van der Waals surface area contributed by atoms with Crippen molar-refractivity contribution in [1.29, 1.82) is 0 Å². The summed E-state index contributed by atoms with van der Waals surface area (Å²) in [7, 11) is 0. The number of aliphatic hydroxyl groups is 1. The fourth-order valence-electron chi connectivity index (χ4n) is 2.98. The van der Waals surface area contributed by atoms with Crippen LogP contribution in [0.3, 0.4) is 0 Å². The average molecular weight is 275 g/mol. The van der Waals surface area contributed by atoms with E-state index in [2.05, 4.69) is 4.90 Å². The molecule has 2 heterocycles. The number of piperidine rings is 1. The number of anilines is 2. The van der Waals surface area contributed by atoms with Crippen molar-refractivity contribution in [1.82, 2.24) is 0 Å². The molecule has 1 amide bonds. The Balaban J connectivity index is 1.74. The number of β-amino-alcohol motifs (C(OH)–C–C–N with tert-alkyl or cyclic N) is 1. The quantitative estimate of drug-likeness (QED) is 0.834. The fraction of sp³-hybridized carbons (Fsp3) is 0.533. The minimum absolute atomic E-state index is 0.0144. The minimum Gasteiger partial charge on any atom is -0.391 e. The van der Waals surface area contributed by atoms with Crippen LogP contribution in [0.2, 0.25) is 0 Å². The molecule has 1 aromatic rings. The van der Waals surface area contributed by atoms with Gasteiger partial charge in [0.1, 0.15) is 0 Å². The molecule has 0 saturated carbocycles. The molecule has 2 aliphatic heterocycles. The molecule has 2 atom stereocenters. The van der Waals surface area contributed by atoms with Crippen LogP contribution in [0.25, 0.3) is 0 Å². The van der Waals surface area contributed by atoms with Gasteiger partial charge in [0.2, 0.25) is 5.91 Å². The summed E-state index contributed by atoms with van der Waals surface area (Å²) in [4.78, 5) is 16.0. The Bertz CT molecular complexity index is 488. The molecule has 3 rings (SSSR count). The SMILES string of the molecule is NC1CCCN(c2ccc(N3CC[C@@H](O)C3)cc2)C1=O. The second-order valence-corrected chi connectivity index (χ2v) is 5.64.